The van der Waals surface area contributed by atoms with Crippen LogP contribution in [0.25, 0.3) is 5.52 Å². The molecule has 1 aromatic carbocycles. The predicted molar refractivity (Wildman–Crippen MR) is 72.7 cm³/mol. The van der Waals surface area contributed by atoms with Gasteiger partial charge < -0.3 is 4.57 Å². The third-order valence-corrected chi connectivity index (χ3v) is 3.63. The van der Waals surface area contributed by atoms with Crippen LogP contribution in [0, 0.1) is 5.82 Å². The molecule has 0 atom stereocenters. The van der Waals surface area contributed by atoms with Crippen molar-refractivity contribution in [3.63, 3.8) is 0 Å². The van der Waals surface area contributed by atoms with Crippen LogP contribution < -0.4 is 5.56 Å². The van der Waals surface area contributed by atoms with Crippen molar-refractivity contribution < 1.29 is 4.39 Å². The number of nitrogens with zero attached hydrogens (tertiary/aromatic N) is 3. The van der Waals surface area contributed by atoms with E-state index in [9.17, 15) is 9.18 Å². The van der Waals surface area contributed by atoms with E-state index in [0.29, 0.717) is 16.5 Å². The summed E-state index contributed by atoms with van der Waals surface area (Å²) in [6.07, 6.45) is 4.96. The van der Waals surface area contributed by atoms with Crippen molar-refractivity contribution in [3.8, 4) is 0 Å². The highest BCUT2D eigenvalue weighted by molar-refractivity contribution is 9.10. The number of fused-ring (bicyclic) bond motifs is 1. The Morgan fingerprint density at radius 3 is 2.89 bits per heavy atom. The largest absolute Gasteiger partial charge is 0.308 e. The molecule has 0 amide bonds. The summed E-state index contributed by atoms with van der Waals surface area (Å²) in [7, 11) is 0. The third kappa shape index (κ3) is 2.19. The van der Waals surface area contributed by atoms with Gasteiger partial charge in [-0.1, -0.05) is 22.0 Å². The molecule has 2 aromatic heterocycles. The Balaban J connectivity index is 2.05. The lowest BCUT2D eigenvalue weighted by atomic mass is 10.2. The summed E-state index contributed by atoms with van der Waals surface area (Å²) in [5.74, 6) is -0.311. The molecule has 0 saturated carbocycles. The van der Waals surface area contributed by atoms with Crippen LogP contribution >= 0.6 is 15.9 Å². The molecule has 6 heteroatoms. The van der Waals surface area contributed by atoms with E-state index in [1.165, 1.54) is 16.6 Å². The molecule has 0 radical (unpaired) electrons. The summed E-state index contributed by atoms with van der Waals surface area (Å²) in [6, 6.07) is 6.09. The van der Waals surface area contributed by atoms with Crippen LogP contribution in [0.4, 0.5) is 4.39 Å². The van der Waals surface area contributed by atoms with Crippen LogP contribution in [0.3, 0.4) is 0 Å². The molecule has 19 heavy (non-hydrogen) atoms. The smallest absolute Gasteiger partial charge is 0.276 e. The lowest BCUT2D eigenvalue weighted by Crippen LogP contribution is -2.22. The molecular weight excluding hydrogens is 313 g/mol. The average molecular weight is 322 g/mol. The summed E-state index contributed by atoms with van der Waals surface area (Å²) in [4.78, 5) is 12.2. The monoisotopic (exact) mass is 321 g/mol. The van der Waals surface area contributed by atoms with E-state index in [-0.39, 0.29) is 11.4 Å². The minimum absolute atomic E-state index is 0.128. The first-order valence-corrected chi connectivity index (χ1v) is 6.41. The van der Waals surface area contributed by atoms with Crippen LogP contribution in [0.2, 0.25) is 0 Å². The van der Waals surface area contributed by atoms with Gasteiger partial charge in [0.2, 0.25) is 0 Å². The van der Waals surface area contributed by atoms with Crippen molar-refractivity contribution in [2.45, 2.75) is 6.54 Å². The molecule has 3 rings (SSSR count). The zero-order valence-electron chi connectivity index (χ0n) is 9.75. The van der Waals surface area contributed by atoms with Crippen molar-refractivity contribution in [1.29, 1.82) is 0 Å². The quantitative estimate of drug-likeness (QED) is 0.727. The first-order valence-electron chi connectivity index (χ1n) is 5.62. The lowest BCUT2D eigenvalue weighted by molar-refractivity contribution is 0.624. The van der Waals surface area contributed by atoms with Gasteiger partial charge in [0, 0.05) is 16.9 Å². The molecule has 0 saturated heterocycles. The maximum atomic E-state index is 13.0. The van der Waals surface area contributed by atoms with Crippen molar-refractivity contribution in [3.05, 3.63) is 69.1 Å². The number of hydrogen-bond acceptors (Lipinski definition) is 2. The Kier molecular flexibility index (Phi) is 2.94. The van der Waals surface area contributed by atoms with E-state index in [1.54, 1.807) is 35.3 Å². The highest BCUT2D eigenvalue weighted by Gasteiger charge is 2.06. The van der Waals surface area contributed by atoms with Crippen LogP contribution in [-0.4, -0.2) is 14.2 Å². The average Bonchev–Trinajstić information content (AvgIpc) is 2.85. The molecule has 3 aromatic rings. The number of aromatic nitrogens is 3. The van der Waals surface area contributed by atoms with Gasteiger partial charge in [0.15, 0.2) is 0 Å². The van der Waals surface area contributed by atoms with Crippen molar-refractivity contribution in [2.24, 2.45) is 0 Å². The molecule has 0 fully saturated rings. The maximum Gasteiger partial charge on any atom is 0.276 e. The number of benzene rings is 1. The molecule has 0 aliphatic heterocycles. The molecule has 0 aliphatic carbocycles. The fourth-order valence-corrected chi connectivity index (χ4v) is 2.40. The van der Waals surface area contributed by atoms with E-state index < -0.39 is 0 Å². The summed E-state index contributed by atoms with van der Waals surface area (Å²) in [5, 5.41) is 4.00. The molecule has 0 unspecified atom stereocenters. The summed E-state index contributed by atoms with van der Waals surface area (Å²) < 4.78 is 16.8. The first-order chi connectivity index (χ1) is 9.15. The van der Waals surface area contributed by atoms with Crippen LogP contribution in [0.1, 0.15) is 5.56 Å². The Morgan fingerprint density at radius 2 is 2.11 bits per heavy atom. The van der Waals surface area contributed by atoms with Crippen LogP contribution in [0.5, 0.6) is 0 Å². The van der Waals surface area contributed by atoms with Gasteiger partial charge in [-0.25, -0.2) is 8.91 Å². The first kappa shape index (κ1) is 12.1. The summed E-state index contributed by atoms with van der Waals surface area (Å²) in [5.41, 5.74) is 1.23. The van der Waals surface area contributed by atoms with Gasteiger partial charge in [-0.05, 0) is 23.8 Å². The van der Waals surface area contributed by atoms with Gasteiger partial charge in [-0.15, -0.1) is 0 Å². The maximum absolute atomic E-state index is 13.0. The van der Waals surface area contributed by atoms with Crippen molar-refractivity contribution >= 4 is 21.4 Å². The second-order valence-corrected chi connectivity index (χ2v) is 4.98. The van der Waals surface area contributed by atoms with Gasteiger partial charge in [0.1, 0.15) is 11.3 Å². The van der Waals surface area contributed by atoms with E-state index in [4.69, 9.17) is 0 Å². The van der Waals surface area contributed by atoms with E-state index >= 15 is 0 Å². The minimum atomic E-state index is -0.311. The van der Waals surface area contributed by atoms with Gasteiger partial charge in [-0.3, -0.25) is 4.79 Å². The number of rotatable bonds is 2. The molecule has 0 N–H and O–H groups in total. The Morgan fingerprint density at radius 1 is 1.26 bits per heavy atom. The second kappa shape index (κ2) is 4.62. The predicted octanol–water partition coefficient (Wildman–Crippen LogP) is 2.45. The highest BCUT2D eigenvalue weighted by atomic mass is 79.9. The fourth-order valence-electron chi connectivity index (χ4n) is 1.92. The van der Waals surface area contributed by atoms with Crippen molar-refractivity contribution in [2.75, 3.05) is 0 Å². The zero-order chi connectivity index (χ0) is 13.4. The Bertz CT molecular complexity index is 809. The zero-order valence-corrected chi connectivity index (χ0v) is 11.3. The summed E-state index contributed by atoms with van der Waals surface area (Å²) >= 11 is 3.30. The fraction of sp³-hybridized carbons (Fsp3) is 0.0769. The van der Waals surface area contributed by atoms with E-state index in [1.807, 2.05) is 0 Å². The van der Waals surface area contributed by atoms with Crippen molar-refractivity contribution in [1.82, 2.24) is 14.2 Å². The van der Waals surface area contributed by atoms with Gasteiger partial charge in [0.05, 0.1) is 12.7 Å². The molecule has 2 heterocycles. The molecule has 96 valence electrons. The third-order valence-electron chi connectivity index (χ3n) is 2.89. The van der Waals surface area contributed by atoms with Gasteiger partial charge >= 0.3 is 0 Å². The van der Waals surface area contributed by atoms with E-state index in [0.717, 1.165) is 5.56 Å². The van der Waals surface area contributed by atoms with Gasteiger partial charge in [-0.2, -0.15) is 5.10 Å². The number of halogens is 2. The molecule has 4 nitrogen and oxygen atoms in total. The molecule has 0 aliphatic rings. The lowest BCUT2D eigenvalue weighted by Gasteiger charge is -2.08. The topological polar surface area (TPSA) is 39.3 Å². The molecule has 0 spiro atoms. The van der Waals surface area contributed by atoms with Crippen LogP contribution in [-0.2, 0) is 6.54 Å². The second-order valence-electron chi connectivity index (χ2n) is 4.13. The number of hydrogen-bond donors (Lipinski definition) is 0. The Labute approximate surface area is 116 Å². The van der Waals surface area contributed by atoms with Crippen LogP contribution in [0.15, 0.2) is 52.1 Å². The Hall–Kier alpha value is -1.95. The SMILES string of the molecule is O=c1c2ccnn2ccn1Cc1ccc(F)cc1Br. The van der Waals surface area contributed by atoms with Gasteiger partial charge in [0.25, 0.3) is 5.56 Å². The standard InChI is InChI=1S/C13H9BrFN3O/c14-11-7-10(15)2-1-9(11)8-17-5-6-18-12(13(17)19)3-4-16-18/h1-7H,8H2. The molecule has 0 bridgehead atoms. The van der Waals surface area contributed by atoms with E-state index in [2.05, 4.69) is 21.0 Å². The highest BCUT2D eigenvalue weighted by Crippen LogP contribution is 2.18. The minimum Gasteiger partial charge on any atom is -0.308 e. The summed E-state index contributed by atoms with van der Waals surface area (Å²) in [6.45, 7) is 0.376. The normalized spacial score (nSPS) is 11.1. The molecular formula is C13H9BrFN3O.